The molecule has 3 aliphatic heterocycles. The van der Waals surface area contributed by atoms with Crippen LogP contribution in [-0.2, 0) is 4.74 Å². The molecule has 21 heavy (non-hydrogen) atoms. The molecule has 5 aliphatic rings. The van der Waals surface area contributed by atoms with E-state index in [9.17, 15) is 0 Å². The maximum Gasteiger partial charge on any atom is 0.187 e. The number of hydrogen-bond acceptors (Lipinski definition) is 5. The summed E-state index contributed by atoms with van der Waals surface area (Å²) in [6.07, 6.45) is 2.04. The Labute approximate surface area is 125 Å². The molecule has 1 saturated carbocycles. The van der Waals surface area contributed by atoms with Crippen molar-refractivity contribution in [1.29, 1.82) is 0 Å². The molecule has 5 heteroatoms. The smallest absolute Gasteiger partial charge is 0.187 e. The zero-order valence-corrected chi connectivity index (χ0v) is 13.7. The van der Waals surface area contributed by atoms with Crippen molar-refractivity contribution in [3.8, 4) is 0 Å². The number of ether oxygens (including phenoxy) is 1. The van der Waals surface area contributed by atoms with Crippen LogP contribution in [0.1, 0.15) is 54.4 Å². The Morgan fingerprint density at radius 1 is 1.00 bits per heavy atom. The van der Waals surface area contributed by atoms with Crippen molar-refractivity contribution in [2.75, 3.05) is 0 Å². The van der Waals surface area contributed by atoms with Gasteiger partial charge in [0.15, 0.2) is 11.4 Å². The van der Waals surface area contributed by atoms with Gasteiger partial charge in [-0.15, -0.1) is 0 Å². The molecular weight excluding hydrogens is 264 g/mol. The van der Waals surface area contributed by atoms with Crippen molar-refractivity contribution in [1.82, 2.24) is 5.01 Å². The predicted octanol–water partition coefficient (Wildman–Crippen LogP) is 2.74. The monoisotopic (exact) mass is 288 g/mol. The third-order valence-corrected chi connectivity index (χ3v) is 8.42. The van der Waals surface area contributed by atoms with Gasteiger partial charge in [-0.1, -0.05) is 11.1 Å². The minimum Gasteiger partial charge on any atom is -0.343 e. The van der Waals surface area contributed by atoms with Gasteiger partial charge in [0.1, 0.15) is 0 Å². The Balaban J connectivity index is 1.92. The van der Waals surface area contributed by atoms with E-state index >= 15 is 0 Å². The lowest BCUT2D eigenvalue weighted by Gasteiger charge is -2.48. The summed E-state index contributed by atoms with van der Waals surface area (Å²) in [5.41, 5.74) is 1.43. The van der Waals surface area contributed by atoms with E-state index in [1.807, 2.05) is 5.01 Å². The van der Waals surface area contributed by atoms with Crippen LogP contribution in [-0.4, -0.2) is 27.5 Å². The SMILES string of the molecule is CC1=C(C)CC23C4(C1)[C@]1(C)O[C@]2(C)N=N[C@]3(C)N(N)[C@@]41C. The molecule has 3 fully saturated rings. The summed E-state index contributed by atoms with van der Waals surface area (Å²) in [7, 11) is 0. The van der Waals surface area contributed by atoms with Gasteiger partial charge in [-0.25, -0.2) is 5.01 Å². The van der Waals surface area contributed by atoms with Crippen LogP contribution >= 0.6 is 0 Å². The molecule has 5 rings (SSSR count). The molecule has 0 aromatic rings. The molecule has 2 spiro atoms. The zero-order chi connectivity index (χ0) is 15.3. The van der Waals surface area contributed by atoms with Crippen LogP contribution in [0, 0.1) is 10.8 Å². The van der Waals surface area contributed by atoms with Gasteiger partial charge in [0.05, 0.1) is 16.6 Å². The lowest BCUT2D eigenvalue weighted by atomic mass is 9.54. The maximum absolute atomic E-state index is 6.66. The second-order valence-electron chi connectivity index (χ2n) is 8.51. The van der Waals surface area contributed by atoms with E-state index in [1.54, 1.807) is 0 Å². The first-order chi connectivity index (χ1) is 9.58. The number of nitrogens with two attached hydrogens (primary N) is 1. The lowest BCUT2D eigenvalue weighted by Crippen LogP contribution is -2.61. The molecule has 0 radical (unpaired) electrons. The number of azo groups is 1. The number of fused-ring (bicyclic) bond motifs is 1. The Morgan fingerprint density at radius 2 is 1.57 bits per heavy atom. The van der Waals surface area contributed by atoms with Crippen molar-refractivity contribution in [2.24, 2.45) is 26.9 Å². The Kier molecular flexibility index (Phi) is 1.60. The molecule has 2 aliphatic carbocycles. The normalized spacial score (nSPS) is 66.8. The molecule has 0 amide bonds. The highest BCUT2D eigenvalue weighted by molar-refractivity contribution is 5.57. The lowest BCUT2D eigenvalue weighted by molar-refractivity contribution is -0.105. The van der Waals surface area contributed by atoms with Crippen LogP contribution in [0.4, 0.5) is 0 Å². The molecule has 0 aromatic carbocycles. The van der Waals surface area contributed by atoms with Crippen LogP contribution in [0.25, 0.3) is 0 Å². The van der Waals surface area contributed by atoms with Crippen molar-refractivity contribution in [3.63, 3.8) is 0 Å². The summed E-state index contributed by atoms with van der Waals surface area (Å²) in [4.78, 5) is 0. The van der Waals surface area contributed by atoms with Gasteiger partial charge in [0.2, 0.25) is 0 Å². The highest BCUT2D eigenvalue weighted by Crippen LogP contribution is 2.95. The molecule has 114 valence electrons. The predicted molar refractivity (Wildman–Crippen MR) is 78.1 cm³/mol. The van der Waals surface area contributed by atoms with Gasteiger partial charge in [-0.05, 0) is 54.4 Å². The van der Waals surface area contributed by atoms with Gasteiger partial charge in [0, 0.05) is 5.41 Å². The summed E-state index contributed by atoms with van der Waals surface area (Å²) in [6, 6.07) is 0. The van der Waals surface area contributed by atoms with E-state index in [0.29, 0.717) is 0 Å². The standard InChI is InChI=1S/C16H24N4O/c1-9-7-15-11(3)12(15,4)21-14(6)16(15,8-10(9)2)13(5,18-19-14)20(11)17/h7-8,17H2,1-6H3/t11-,12-,13-,14+,15?,16?/m1/s1. The van der Waals surface area contributed by atoms with Crippen LogP contribution < -0.4 is 5.84 Å². The minimum atomic E-state index is -0.550. The Bertz CT molecular complexity index is 688. The van der Waals surface area contributed by atoms with Crippen LogP contribution in [0.3, 0.4) is 0 Å². The number of rotatable bonds is 0. The van der Waals surface area contributed by atoms with Crippen molar-refractivity contribution < 1.29 is 4.74 Å². The fourth-order valence-corrected chi connectivity index (χ4v) is 7.25. The fraction of sp³-hybridized carbons (Fsp3) is 0.875. The maximum atomic E-state index is 6.66. The molecule has 0 bridgehead atoms. The van der Waals surface area contributed by atoms with Crippen LogP contribution in [0.15, 0.2) is 21.4 Å². The summed E-state index contributed by atoms with van der Waals surface area (Å²) in [5.74, 6) is 6.66. The van der Waals surface area contributed by atoms with Gasteiger partial charge < -0.3 is 4.74 Å². The number of hydrogen-bond donors (Lipinski definition) is 1. The Hall–Kier alpha value is -0.780. The van der Waals surface area contributed by atoms with Crippen molar-refractivity contribution >= 4 is 0 Å². The molecule has 5 nitrogen and oxygen atoms in total. The van der Waals surface area contributed by atoms with Crippen molar-refractivity contribution in [2.45, 2.75) is 76.9 Å². The van der Waals surface area contributed by atoms with Crippen LogP contribution in [0.5, 0.6) is 0 Å². The van der Waals surface area contributed by atoms with Gasteiger partial charge in [-0.3, -0.25) is 5.84 Å². The molecule has 6 atom stereocenters. The molecule has 2 N–H and O–H groups in total. The topological polar surface area (TPSA) is 63.2 Å². The molecule has 3 heterocycles. The van der Waals surface area contributed by atoms with Crippen molar-refractivity contribution in [3.05, 3.63) is 11.1 Å². The van der Waals surface area contributed by atoms with E-state index in [2.05, 4.69) is 51.8 Å². The second kappa shape index (κ2) is 2.63. The summed E-state index contributed by atoms with van der Waals surface area (Å²) in [6.45, 7) is 13.3. The van der Waals surface area contributed by atoms with E-state index in [0.717, 1.165) is 12.8 Å². The third kappa shape index (κ3) is 0.700. The first kappa shape index (κ1) is 12.7. The first-order valence-electron chi connectivity index (χ1n) is 7.93. The van der Waals surface area contributed by atoms with E-state index in [4.69, 9.17) is 10.6 Å². The third-order valence-electron chi connectivity index (χ3n) is 8.42. The number of nitrogens with zero attached hydrogens (tertiary/aromatic N) is 3. The average molecular weight is 288 g/mol. The highest BCUT2D eigenvalue weighted by Gasteiger charge is 3.07. The minimum absolute atomic E-state index is 0.0261. The number of hydrazine groups is 1. The first-order valence-corrected chi connectivity index (χ1v) is 7.93. The molecule has 0 aromatic heterocycles. The van der Waals surface area contributed by atoms with Gasteiger partial charge >= 0.3 is 0 Å². The molecule has 2 unspecified atom stereocenters. The molecule has 2 saturated heterocycles. The second-order valence-corrected chi connectivity index (χ2v) is 8.51. The summed E-state index contributed by atoms with van der Waals surface area (Å²) < 4.78 is 6.64. The van der Waals surface area contributed by atoms with Gasteiger partial charge in [-0.2, -0.15) is 10.2 Å². The summed E-state index contributed by atoms with van der Waals surface area (Å²) in [5, 5.41) is 11.3. The average Bonchev–Trinajstić information content (AvgIpc) is 2.60. The number of piperidine rings is 1. The van der Waals surface area contributed by atoms with E-state index in [-0.39, 0.29) is 22.0 Å². The van der Waals surface area contributed by atoms with Crippen LogP contribution in [0.2, 0.25) is 0 Å². The number of allylic oxidation sites excluding steroid dienone is 2. The summed E-state index contributed by atoms with van der Waals surface area (Å²) >= 11 is 0. The van der Waals surface area contributed by atoms with Gasteiger partial charge in [0.25, 0.3) is 0 Å². The largest absolute Gasteiger partial charge is 0.343 e. The zero-order valence-electron chi connectivity index (χ0n) is 13.7. The quantitative estimate of drug-likeness (QED) is 0.550. The Morgan fingerprint density at radius 3 is 2.19 bits per heavy atom. The van der Waals surface area contributed by atoms with E-state index < -0.39 is 11.4 Å². The highest BCUT2D eigenvalue weighted by atomic mass is 16.6. The van der Waals surface area contributed by atoms with E-state index in [1.165, 1.54) is 11.1 Å². The molecular formula is C16H24N4O. The fourth-order valence-electron chi connectivity index (χ4n) is 7.25.